The number of hydrogen-bond acceptors (Lipinski definition) is 1. The van der Waals surface area contributed by atoms with Gasteiger partial charge in [-0.15, -0.1) is 0 Å². The van der Waals surface area contributed by atoms with Crippen molar-refractivity contribution in [3.05, 3.63) is 254 Å². The maximum absolute atomic E-state index is 11.2. The zero-order valence-corrected chi connectivity index (χ0v) is 34.1. The molecule has 0 radical (unpaired) electrons. The second-order valence-corrected chi connectivity index (χ2v) is 15.6. The molecule has 10 aromatic rings. The Morgan fingerprint density at radius 3 is 0.726 bits per heavy atom. The minimum Gasteiger partial charge on any atom is -0.192 e. The highest BCUT2D eigenvalue weighted by molar-refractivity contribution is 5.92. The van der Waals surface area contributed by atoms with Gasteiger partial charge in [0.2, 0.25) is 0 Å². The molecule has 0 bridgehead atoms. The predicted molar refractivity (Wildman–Crippen MR) is 260 cm³/mol. The van der Waals surface area contributed by atoms with Crippen molar-refractivity contribution in [2.24, 2.45) is 0 Å². The van der Waals surface area contributed by atoms with Crippen molar-refractivity contribution in [1.82, 2.24) is 0 Å². The second-order valence-electron chi connectivity index (χ2n) is 15.6. The average Bonchev–Trinajstić information content (AvgIpc) is 3.37. The molecular weight excluding hydrogens is 747 g/mol. The Morgan fingerprint density at radius 1 is 0.194 bits per heavy atom. The Labute approximate surface area is 364 Å². The van der Waals surface area contributed by atoms with Gasteiger partial charge in [-0.2, -0.15) is 5.26 Å². The first-order chi connectivity index (χ1) is 30.7. The van der Waals surface area contributed by atoms with E-state index >= 15 is 0 Å². The van der Waals surface area contributed by atoms with Gasteiger partial charge in [0.05, 0.1) is 5.56 Å². The molecule has 0 unspecified atom stereocenters. The van der Waals surface area contributed by atoms with E-state index in [0.717, 1.165) is 89.0 Å². The number of nitriles is 1. The van der Waals surface area contributed by atoms with Crippen LogP contribution in [-0.4, -0.2) is 0 Å². The summed E-state index contributed by atoms with van der Waals surface area (Å²) in [5.74, 6) is 0. The molecule has 0 aromatic heterocycles. The predicted octanol–water partition coefficient (Wildman–Crippen LogP) is 16.6. The zero-order valence-electron chi connectivity index (χ0n) is 34.1. The number of benzene rings is 10. The standard InChI is InChI=1S/C61H41N/c62-42-61-59(53-31-15-29-51(35-53)49-27-13-25-47(33-49)43-17-5-1-6-18-43)40-58(57-38-55(45-21-9-3-10-22-45)37-56(39-57)46-23-11-4-12-24-46)41-60(61)54-32-16-30-52(36-54)50-28-14-26-48(34-50)44-19-7-2-8-20-44/h1-41H. The van der Waals surface area contributed by atoms with Gasteiger partial charge in [0.1, 0.15) is 6.07 Å². The third-order valence-electron chi connectivity index (χ3n) is 11.7. The summed E-state index contributed by atoms with van der Waals surface area (Å²) in [6, 6.07) is 90.8. The van der Waals surface area contributed by atoms with Crippen LogP contribution in [0.4, 0.5) is 0 Å². The number of rotatable bonds is 9. The fourth-order valence-electron chi connectivity index (χ4n) is 8.52. The van der Waals surface area contributed by atoms with Crippen molar-refractivity contribution in [2.75, 3.05) is 0 Å². The summed E-state index contributed by atoms with van der Waals surface area (Å²) in [5, 5.41) is 11.2. The molecule has 0 saturated heterocycles. The summed E-state index contributed by atoms with van der Waals surface area (Å²) in [4.78, 5) is 0. The molecule has 10 aromatic carbocycles. The topological polar surface area (TPSA) is 23.8 Å². The summed E-state index contributed by atoms with van der Waals surface area (Å²) in [5.41, 5.74) is 20.2. The SMILES string of the molecule is N#Cc1c(-c2cccc(-c3cccc(-c4ccccc4)c3)c2)cc(-c2cc(-c3ccccc3)cc(-c3ccccc3)c2)cc1-c1cccc(-c2cccc(-c3ccccc3)c2)c1. The number of nitrogens with zero attached hydrogens (tertiary/aromatic N) is 1. The monoisotopic (exact) mass is 787 g/mol. The lowest BCUT2D eigenvalue weighted by Gasteiger charge is -2.17. The van der Waals surface area contributed by atoms with Crippen molar-refractivity contribution >= 4 is 0 Å². The van der Waals surface area contributed by atoms with E-state index < -0.39 is 0 Å². The van der Waals surface area contributed by atoms with Crippen molar-refractivity contribution in [3.8, 4) is 106 Å². The maximum Gasteiger partial charge on any atom is 0.100 e. The summed E-state index contributed by atoms with van der Waals surface area (Å²) in [6.07, 6.45) is 0. The van der Waals surface area contributed by atoms with Crippen LogP contribution in [0, 0.1) is 11.3 Å². The van der Waals surface area contributed by atoms with E-state index in [0.29, 0.717) is 5.56 Å². The molecule has 0 N–H and O–H groups in total. The molecule has 0 atom stereocenters. The van der Waals surface area contributed by atoms with E-state index in [1.54, 1.807) is 0 Å². The third kappa shape index (κ3) is 7.90. The van der Waals surface area contributed by atoms with Gasteiger partial charge in [0.25, 0.3) is 0 Å². The molecule has 1 heteroatoms. The molecule has 0 heterocycles. The van der Waals surface area contributed by atoms with Crippen LogP contribution in [0.1, 0.15) is 5.56 Å². The van der Waals surface area contributed by atoms with Crippen molar-refractivity contribution in [2.45, 2.75) is 0 Å². The first-order valence-electron chi connectivity index (χ1n) is 21.0. The van der Waals surface area contributed by atoms with Gasteiger partial charge in [-0.3, -0.25) is 0 Å². The Bertz CT molecular complexity index is 3010. The van der Waals surface area contributed by atoms with E-state index in [1.165, 1.54) is 11.1 Å². The molecule has 62 heavy (non-hydrogen) atoms. The fourth-order valence-corrected chi connectivity index (χ4v) is 8.52. The van der Waals surface area contributed by atoms with Gasteiger partial charge in [0, 0.05) is 11.1 Å². The van der Waals surface area contributed by atoms with Crippen LogP contribution in [0.2, 0.25) is 0 Å². The van der Waals surface area contributed by atoms with Gasteiger partial charge in [-0.25, -0.2) is 0 Å². The summed E-state index contributed by atoms with van der Waals surface area (Å²) < 4.78 is 0. The minimum absolute atomic E-state index is 0.640. The Kier molecular flexibility index (Phi) is 10.5. The fraction of sp³-hybridized carbons (Fsp3) is 0. The molecule has 0 spiro atoms. The maximum atomic E-state index is 11.2. The molecular formula is C61H41N. The molecule has 0 aliphatic heterocycles. The lowest BCUT2D eigenvalue weighted by atomic mass is 9.85. The van der Waals surface area contributed by atoms with Gasteiger partial charge in [-0.1, -0.05) is 194 Å². The molecule has 0 amide bonds. The van der Waals surface area contributed by atoms with Crippen LogP contribution in [0.25, 0.3) is 100 Å². The smallest absolute Gasteiger partial charge is 0.100 e. The van der Waals surface area contributed by atoms with Gasteiger partial charge in [0.15, 0.2) is 0 Å². The lowest BCUT2D eigenvalue weighted by molar-refractivity contribution is 1.46. The van der Waals surface area contributed by atoms with Crippen LogP contribution in [0.5, 0.6) is 0 Å². The molecule has 10 rings (SSSR count). The average molecular weight is 788 g/mol. The quantitative estimate of drug-likeness (QED) is 0.143. The molecule has 1 nitrogen and oxygen atoms in total. The highest BCUT2D eigenvalue weighted by atomic mass is 14.3. The Balaban J connectivity index is 1.17. The van der Waals surface area contributed by atoms with E-state index in [2.05, 4.69) is 243 Å². The Morgan fingerprint density at radius 2 is 0.403 bits per heavy atom. The van der Waals surface area contributed by atoms with Crippen LogP contribution in [0.15, 0.2) is 249 Å². The highest BCUT2D eigenvalue weighted by Crippen LogP contribution is 2.42. The van der Waals surface area contributed by atoms with E-state index in [-0.39, 0.29) is 0 Å². The lowest BCUT2D eigenvalue weighted by Crippen LogP contribution is -1.94. The zero-order chi connectivity index (χ0) is 41.7. The van der Waals surface area contributed by atoms with E-state index in [4.69, 9.17) is 0 Å². The second kappa shape index (κ2) is 17.1. The van der Waals surface area contributed by atoms with Gasteiger partial charge in [-0.05, 0) is 144 Å². The molecule has 0 aliphatic rings. The summed E-state index contributed by atoms with van der Waals surface area (Å²) >= 11 is 0. The highest BCUT2D eigenvalue weighted by Gasteiger charge is 2.18. The third-order valence-corrected chi connectivity index (χ3v) is 11.7. The van der Waals surface area contributed by atoms with Crippen molar-refractivity contribution in [1.29, 1.82) is 5.26 Å². The summed E-state index contributed by atoms with van der Waals surface area (Å²) in [7, 11) is 0. The molecule has 0 saturated carbocycles. The Hall–Kier alpha value is -8.31. The van der Waals surface area contributed by atoms with Crippen LogP contribution in [0.3, 0.4) is 0 Å². The van der Waals surface area contributed by atoms with Gasteiger partial charge >= 0.3 is 0 Å². The van der Waals surface area contributed by atoms with Gasteiger partial charge < -0.3 is 0 Å². The van der Waals surface area contributed by atoms with Crippen LogP contribution in [-0.2, 0) is 0 Å². The van der Waals surface area contributed by atoms with Crippen molar-refractivity contribution in [3.63, 3.8) is 0 Å². The van der Waals surface area contributed by atoms with Crippen molar-refractivity contribution < 1.29 is 0 Å². The number of hydrogen-bond donors (Lipinski definition) is 0. The van der Waals surface area contributed by atoms with E-state index in [1.807, 2.05) is 12.1 Å². The molecule has 0 aliphatic carbocycles. The van der Waals surface area contributed by atoms with Crippen LogP contribution >= 0.6 is 0 Å². The summed E-state index contributed by atoms with van der Waals surface area (Å²) in [6.45, 7) is 0. The van der Waals surface area contributed by atoms with E-state index in [9.17, 15) is 5.26 Å². The largest absolute Gasteiger partial charge is 0.192 e. The normalized spacial score (nSPS) is 10.9. The first-order valence-corrected chi connectivity index (χ1v) is 21.0. The first kappa shape index (κ1) is 37.9. The van der Waals surface area contributed by atoms with Crippen LogP contribution < -0.4 is 0 Å². The minimum atomic E-state index is 0.640. The molecule has 0 fully saturated rings. The molecule has 290 valence electrons.